The van der Waals surface area contributed by atoms with Gasteiger partial charge in [-0.15, -0.1) is 0 Å². The van der Waals surface area contributed by atoms with Crippen LogP contribution in [0.1, 0.15) is 0 Å². The highest BCUT2D eigenvalue weighted by Gasteiger charge is 2.15. The van der Waals surface area contributed by atoms with E-state index in [9.17, 15) is 4.79 Å². The SMILES string of the molecule is O=C1OCCN1[SiH3]. The van der Waals surface area contributed by atoms with Gasteiger partial charge in [0.25, 0.3) is 0 Å². The molecular formula is C3H7NO2Si. The van der Waals surface area contributed by atoms with Gasteiger partial charge in [0, 0.05) is 6.54 Å². The highest BCUT2D eigenvalue weighted by atomic mass is 28.2. The molecule has 1 aliphatic rings. The van der Waals surface area contributed by atoms with E-state index in [2.05, 4.69) is 4.74 Å². The summed E-state index contributed by atoms with van der Waals surface area (Å²) in [4.78, 5) is 10.3. The number of cyclic esters (lactones) is 1. The first-order chi connectivity index (χ1) is 3.30. The Bertz CT molecular complexity index is 94.9. The third-order valence-electron chi connectivity index (χ3n) is 0.964. The molecule has 0 aromatic heterocycles. The molecule has 1 amide bonds. The second-order valence-electron chi connectivity index (χ2n) is 1.54. The van der Waals surface area contributed by atoms with Crippen molar-refractivity contribution in [3.8, 4) is 0 Å². The molecule has 0 radical (unpaired) electrons. The summed E-state index contributed by atoms with van der Waals surface area (Å²) >= 11 is 0. The zero-order chi connectivity index (χ0) is 5.28. The number of rotatable bonds is 0. The van der Waals surface area contributed by atoms with E-state index in [-0.39, 0.29) is 6.09 Å². The third kappa shape index (κ3) is 0.741. The molecule has 1 rings (SSSR count). The smallest absolute Gasteiger partial charge is 0.401 e. The summed E-state index contributed by atoms with van der Waals surface area (Å²) in [7, 11) is 0.796. The monoisotopic (exact) mass is 117 g/mol. The van der Waals surface area contributed by atoms with Crippen LogP contribution >= 0.6 is 0 Å². The van der Waals surface area contributed by atoms with E-state index in [0.29, 0.717) is 6.61 Å². The van der Waals surface area contributed by atoms with Crippen molar-refractivity contribution in [2.24, 2.45) is 0 Å². The molecule has 0 aromatic rings. The number of hydrogen-bond donors (Lipinski definition) is 0. The lowest BCUT2D eigenvalue weighted by Gasteiger charge is -1.99. The molecule has 1 fully saturated rings. The minimum Gasteiger partial charge on any atom is -0.448 e. The predicted octanol–water partition coefficient (Wildman–Crippen LogP) is -1.28. The maximum atomic E-state index is 10.3. The molecule has 0 saturated carbocycles. The van der Waals surface area contributed by atoms with Crippen molar-refractivity contribution in [2.75, 3.05) is 13.2 Å². The third-order valence-corrected chi connectivity index (χ3v) is 1.78. The van der Waals surface area contributed by atoms with Gasteiger partial charge in [-0.1, -0.05) is 0 Å². The lowest BCUT2D eigenvalue weighted by Crippen LogP contribution is -2.19. The fourth-order valence-corrected chi connectivity index (χ4v) is 0.783. The number of nitrogens with zero attached hydrogens (tertiary/aromatic N) is 1. The van der Waals surface area contributed by atoms with Gasteiger partial charge in [-0.2, -0.15) is 0 Å². The van der Waals surface area contributed by atoms with Crippen LogP contribution in [0.5, 0.6) is 0 Å². The van der Waals surface area contributed by atoms with Crippen molar-refractivity contribution in [1.82, 2.24) is 4.57 Å². The minimum absolute atomic E-state index is 0.147. The molecule has 4 heteroatoms. The van der Waals surface area contributed by atoms with Crippen LogP contribution in [0.3, 0.4) is 0 Å². The Morgan fingerprint density at radius 3 is 2.71 bits per heavy atom. The highest BCUT2D eigenvalue weighted by Crippen LogP contribution is 1.95. The topological polar surface area (TPSA) is 29.5 Å². The number of carbonyl (C=O) groups excluding carboxylic acids is 1. The molecule has 0 unspecified atom stereocenters. The first kappa shape index (κ1) is 4.64. The standard InChI is InChI=1S/C3H7NO2Si/c5-3-4(7)1-2-6-3/h1-2H2,7H3. The first-order valence-corrected chi connectivity index (χ1v) is 3.08. The lowest BCUT2D eigenvalue weighted by molar-refractivity contribution is 0.170. The fourth-order valence-electron chi connectivity index (χ4n) is 0.471. The Morgan fingerprint density at radius 1 is 1.86 bits per heavy atom. The maximum absolute atomic E-state index is 10.3. The maximum Gasteiger partial charge on any atom is 0.401 e. The molecule has 1 heterocycles. The Labute approximate surface area is 44.7 Å². The van der Waals surface area contributed by atoms with Crippen LogP contribution in [0.2, 0.25) is 0 Å². The van der Waals surface area contributed by atoms with Crippen molar-refractivity contribution in [1.29, 1.82) is 0 Å². The number of carbonyl (C=O) groups is 1. The van der Waals surface area contributed by atoms with E-state index < -0.39 is 0 Å². The molecule has 0 atom stereocenters. The zero-order valence-corrected chi connectivity index (χ0v) is 6.18. The van der Waals surface area contributed by atoms with E-state index in [1.807, 2.05) is 0 Å². The van der Waals surface area contributed by atoms with Crippen LogP contribution < -0.4 is 0 Å². The van der Waals surface area contributed by atoms with Gasteiger partial charge in [0.2, 0.25) is 0 Å². The summed E-state index contributed by atoms with van der Waals surface area (Å²) in [5.74, 6) is 0. The van der Waals surface area contributed by atoms with Crippen LogP contribution in [-0.4, -0.2) is 34.2 Å². The minimum atomic E-state index is -0.147. The van der Waals surface area contributed by atoms with Crippen molar-refractivity contribution >= 4 is 16.5 Å². The van der Waals surface area contributed by atoms with Gasteiger partial charge in [0.15, 0.2) is 0 Å². The van der Waals surface area contributed by atoms with Crippen LogP contribution in [-0.2, 0) is 4.74 Å². The highest BCUT2D eigenvalue weighted by molar-refractivity contribution is 6.13. The van der Waals surface area contributed by atoms with Gasteiger partial charge >= 0.3 is 6.09 Å². The van der Waals surface area contributed by atoms with Gasteiger partial charge in [0.1, 0.15) is 17.0 Å². The zero-order valence-electron chi connectivity index (χ0n) is 4.18. The van der Waals surface area contributed by atoms with Crippen molar-refractivity contribution in [3.63, 3.8) is 0 Å². The van der Waals surface area contributed by atoms with Gasteiger partial charge in [0.05, 0.1) is 0 Å². The fraction of sp³-hybridized carbons (Fsp3) is 0.667. The average molecular weight is 117 g/mol. The van der Waals surface area contributed by atoms with Crippen molar-refractivity contribution < 1.29 is 9.53 Å². The summed E-state index contributed by atoms with van der Waals surface area (Å²) < 4.78 is 6.27. The van der Waals surface area contributed by atoms with Crippen LogP contribution in [0.4, 0.5) is 4.79 Å². The number of hydrogen-bond acceptors (Lipinski definition) is 2. The van der Waals surface area contributed by atoms with E-state index in [1.165, 1.54) is 0 Å². The van der Waals surface area contributed by atoms with Crippen LogP contribution in [0, 0.1) is 0 Å². The summed E-state index contributed by atoms with van der Waals surface area (Å²) in [5, 5.41) is 0. The Kier molecular flexibility index (Phi) is 1.02. The molecule has 0 aliphatic carbocycles. The van der Waals surface area contributed by atoms with Gasteiger partial charge in [-0.25, -0.2) is 4.79 Å². The average Bonchev–Trinajstić information content (AvgIpc) is 1.91. The molecule has 0 bridgehead atoms. The second kappa shape index (κ2) is 1.53. The molecule has 0 N–H and O–H groups in total. The molecule has 1 aliphatic heterocycles. The molecule has 3 nitrogen and oxygen atoms in total. The van der Waals surface area contributed by atoms with Gasteiger partial charge < -0.3 is 9.30 Å². The van der Waals surface area contributed by atoms with Gasteiger partial charge in [-0.3, -0.25) is 0 Å². The van der Waals surface area contributed by atoms with E-state index in [4.69, 9.17) is 0 Å². The first-order valence-electron chi connectivity index (χ1n) is 2.18. The van der Waals surface area contributed by atoms with E-state index >= 15 is 0 Å². The largest absolute Gasteiger partial charge is 0.448 e. The van der Waals surface area contributed by atoms with Crippen LogP contribution in [0.15, 0.2) is 0 Å². The van der Waals surface area contributed by atoms with Crippen molar-refractivity contribution in [3.05, 3.63) is 0 Å². The predicted molar refractivity (Wildman–Crippen MR) is 28.0 cm³/mol. The molecule has 1 saturated heterocycles. The second-order valence-corrected chi connectivity index (χ2v) is 2.62. The molecule has 0 aromatic carbocycles. The summed E-state index contributed by atoms with van der Waals surface area (Å²) in [6.07, 6.45) is -0.147. The van der Waals surface area contributed by atoms with Crippen molar-refractivity contribution in [2.45, 2.75) is 0 Å². The Hall–Kier alpha value is -0.513. The molecule has 7 heavy (non-hydrogen) atoms. The van der Waals surface area contributed by atoms with E-state index in [0.717, 1.165) is 16.9 Å². The summed E-state index contributed by atoms with van der Waals surface area (Å²) in [6, 6.07) is 0. The summed E-state index contributed by atoms with van der Waals surface area (Å²) in [6.45, 7) is 1.38. The number of ether oxygens (including phenoxy) is 1. The normalized spacial score (nSPS) is 20.6. The molecular weight excluding hydrogens is 110 g/mol. The number of amides is 1. The van der Waals surface area contributed by atoms with E-state index in [1.54, 1.807) is 4.57 Å². The molecule has 40 valence electrons. The quantitative estimate of drug-likeness (QED) is 0.370. The van der Waals surface area contributed by atoms with Crippen LogP contribution in [0.25, 0.3) is 0 Å². The van der Waals surface area contributed by atoms with Gasteiger partial charge in [-0.05, 0) is 0 Å². The summed E-state index contributed by atoms with van der Waals surface area (Å²) in [5.41, 5.74) is 0. The Morgan fingerprint density at radius 2 is 2.57 bits per heavy atom. The molecule has 0 spiro atoms. The Balaban J connectivity index is 2.48. The lowest BCUT2D eigenvalue weighted by atomic mass is 10.7.